The zero-order valence-corrected chi connectivity index (χ0v) is 15.6. The van der Waals surface area contributed by atoms with E-state index in [2.05, 4.69) is 15.4 Å². The number of piperazine rings is 1. The minimum Gasteiger partial charge on any atom is -0.333 e. The highest BCUT2D eigenvalue weighted by molar-refractivity contribution is 6.37. The second-order valence-electron chi connectivity index (χ2n) is 5.57. The molecule has 9 heteroatoms. The Kier molecular flexibility index (Phi) is 6.09. The van der Waals surface area contributed by atoms with Crippen molar-refractivity contribution in [3.8, 4) is 5.69 Å². The number of carbonyl (C=O) groups excluding carboxylic acids is 1. The fraction of sp³-hybridized carbons (Fsp3) is 0.400. The van der Waals surface area contributed by atoms with Crippen molar-refractivity contribution in [1.82, 2.24) is 25.0 Å². The highest BCUT2D eigenvalue weighted by Gasteiger charge is 2.26. The Hall–Kier alpha value is -1.34. The number of para-hydroxylation sites is 1. The van der Waals surface area contributed by atoms with Crippen LogP contribution in [0.2, 0.25) is 10.0 Å². The van der Waals surface area contributed by atoms with Crippen LogP contribution in [-0.2, 0) is 0 Å². The summed E-state index contributed by atoms with van der Waals surface area (Å²) >= 11 is 12.4. The molecule has 130 valence electrons. The molecule has 1 aromatic carbocycles. The average Bonchev–Trinajstić information content (AvgIpc) is 2.88. The summed E-state index contributed by atoms with van der Waals surface area (Å²) in [7, 11) is 0. The molecule has 1 aromatic heterocycles. The van der Waals surface area contributed by atoms with Crippen molar-refractivity contribution in [3.05, 3.63) is 39.9 Å². The van der Waals surface area contributed by atoms with E-state index in [0.717, 1.165) is 6.54 Å². The third-order valence-electron chi connectivity index (χ3n) is 3.77. The van der Waals surface area contributed by atoms with Crippen LogP contribution in [-0.4, -0.2) is 51.2 Å². The van der Waals surface area contributed by atoms with E-state index in [1.807, 2.05) is 6.92 Å². The van der Waals surface area contributed by atoms with Crippen molar-refractivity contribution in [2.45, 2.75) is 19.9 Å². The van der Waals surface area contributed by atoms with Crippen LogP contribution in [0.15, 0.2) is 18.2 Å². The summed E-state index contributed by atoms with van der Waals surface area (Å²) in [5.41, 5.74) is 0.536. The Balaban J connectivity index is 0.00000208. The molecule has 2 heterocycles. The molecule has 6 nitrogen and oxygen atoms in total. The summed E-state index contributed by atoms with van der Waals surface area (Å²) in [6, 6.07) is 5.47. The van der Waals surface area contributed by atoms with E-state index in [1.54, 1.807) is 30.0 Å². The molecule has 1 fully saturated rings. The van der Waals surface area contributed by atoms with E-state index < -0.39 is 0 Å². The summed E-state index contributed by atoms with van der Waals surface area (Å²) in [4.78, 5) is 18.7. The first-order chi connectivity index (χ1) is 11.0. The summed E-state index contributed by atoms with van der Waals surface area (Å²) in [5.74, 6) is 0.544. The summed E-state index contributed by atoms with van der Waals surface area (Å²) in [6.07, 6.45) is 0. The smallest absolute Gasteiger partial charge is 0.293 e. The first kappa shape index (κ1) is 19.0. The van der Waals surface area contributed by atoms with Crippen LogP contribution in [0.25, 0.3) is 5.69 Å². The highest BCUT2D eigenvalue weighted by atomic mass is 35.5. The quantitative estimate of drug-likeness (QED) is 0.856. The molecule has 1 amide bonds. The van der Waals surface area contributed by atoms with Gasteiger partial charge in [-0.3, -0.25) is 4.79 Å². The van der Waals surface area contributed by atoms with Gasteiger partial charge in [0.05, 0.1) is 10.0 Å². The third kappa shape index (κ3) is 3.67. The number of amides is 1. The van der Waals surface area contributed by atoms with E-state index >= 15 is 0 Å². The van der Waals surface area contributed by atoms with Crippen LogP contribution in [0.1, 0.15) is 23.4 Å². The van der Waals surface area contributed by atoms with Gasteiger partial charge < -0.3 is 10.2 Å². The number of hydrogen-bond donors (Lipinski definition) is 1. The molecule has 1 N–H and O–H groups in total. The van der Waals surface area contributed by atoms with Crippen LogP contribution in [0.4, 0.5) is 0 Å². The van der Waals surface area contributed by atoms with Crippen LogP contribution in [0, 0.1) is 6.92 Å². The number of benzene rings is 1. The number of hydrogen-bond acceptors (Lipinski definition) is 4. The van der Waals surface area contributed by atoms with E-state index in [-0.39, 0.29) is 30.2 Å². The standard InChI is InChI=1S/C15H17Cl2N5O.ClH/c1-9-8-21(7-6-18-9)15(23)14-19-10(2)22(20-14)13-11(16)4-3-5-12(13)17;/h3-5,9,18H,6-8H2,1-2H3;1H. The lowest BCUT2D eigenvalue weighted by atomic mass is 10.2. The normalized spacial score (nSPS) is 17.5. The fourth-order valence-electron chi connectivity index (χ4n) is 2.64. The molecule has 3 rings (SSSR count). The molecule has 0 aliphatic carbocycles. The fourth-order valence-corrected chi connectivity index (χ4v) is 3.20. The highest BCUT2D eigenvalue weighted by Crippen LogP contribution is 2.28. The second kappa shape index (κ2) is 7.70. The lowest BCUT2D eigenvalue weighted by molar-refractivity contribution is 0.0696. The summed E-state index contributed by atoms with van der Waals surface area (Å²) in [6.45, 7) is 5.86. The third-order valence-corrected chi connectivity index (χ3v) is 4.38. The van der Waals surface area contributed by atoms with Crippen molar-refractivity contribution < 1.29 is 4.79 Å². The maximum Gasteiger partial charge on any atom is 0.293 e. The largest absolute Gasteiger partial charge is 0.333 e. The van der Waals surface area contributed by atoms with Crippen molar-refractivity contribution in [1.29, 1.82) is 0 Å². The maximum atomic E-state index is 12.6. The van der Waals surface area contributed by atoms with Crippen molar-refractivity contribution in [2.24, 2.45) is 0 Å². The van der Waals surface area contributed by atoms with Crippen LogP contribution < -0.4 is 5.32 Å². The number of carbonyl (C=O) groups is 1. The minimum absolute atomic E-state index is 0. The Morgan fingerprint density at radius 3 is 2.62 bits per heavy atom. The molecule has 0 radical (unpaired) electrons. The Morgan fingerprint density at radius 1 is 1.33 bits per heavy atom. The lowest BCUT2D eigenvalue weighted by Crippen LogP contribution is -2.51. The average molecular weight is 391 g/mol. The minimum atomic E-state index is -0.177. The molecule has 1 atom stereocenters. The number of halogens is 3. The van der Waals surface area contributed by atoms with Crippen molar-refractivity contribution in [3.63, 3.8) is 0 Å². The Labute approximate surface area is 156 Å². The molecule has 1 unspecified atom stereocenters. The molecule has 0 spiro atoms. The van der Waals surface area contributed by atoms with Gasteiger partial charge in [-0.1, -0.05) is 29.3 Å². The van der Waals surface area contributed by atoms with E-state index in [9.17, 15) is 4.79 Å². The van der Waals surface area contributed by atoms with Gasteiger partial charge in [-0.15, -0.1) is 17.5 Å². The van der Waals surface area contributed by atoms with Crippen molar-refractivity contribution >= 4 is 41.5 Å². The monoisotopic (exact) mass is 389 g/mol. The summed E-state index contributed by atoms with van der Waals surface area (Å²) < 4.78 is 1.52. The van der Waals surface area contributed by atoms with E-state index in [4.69, 9.17) is 23.2 Å². The van der Waals surface area contributed by atoms with Crippen molar-refractivity contribution in [2.75, 3.05) is 19.6 Å². The van der Waals surface area contributed by atoms with Gasteiger partial charge in [0.1, 0.15) is 11.5 Å². The Morgan fingerprint density at radius 2 is 2.00 bits per heavy atom. The molecule has 0 bridgehead atoms. The molecule has 24 heavy (non-hydrogen) atoms. The van der Waals surface area contributed by atoms with Crippen LogP contribution in [0.5, 0.6) is 0 Å². The van der Waals surface area contributed by atoms with Gasteiger partial charge >= 0.3 is 0 Å². The molecular formula is C15H18Cl3N5O. The predicted molar refractivity (Wildman–Crippen MR) is 96.7 cm³/mol. The number of nitrogens with zero attached hydrogens (tertiary/aromatic N) is 4. The van der Waals surface area contributed by atoms with Gasteiger partial charge in [-0.2, -0.15) is 0 Å². The van der Waals surface area contributed by atoms with Crippen LogP contribution in [0.3, 0.4) is 0 Å². The van der Waals surface area contributed by atoms with Gasteiger partial charge in [-0.25, -0.2) is 9.67 Å². The number of rotatable bonds is 2. The second-order valence-corrected chi connectivity index (χ2v) is 6.39. The zero-order chi connectivity index (χ0) is 16.6. The molecule has 1 saturated heterocycles. The molecule has 1 aliphatic heterocycles. The number of nitrogens with one attached hydrogen (secondary N) is 1. The number of aromatic nitrogens is 3. The molecule has 2 aromatic rings. The van der Waals surface area contributed by atoms with Gasteiger partial charge in [0.15, 0.2) is 0 Å². The maximum absolute atomic E-state index is 12.6. The first-order valence-corrected chi connectivity index (χ1v) is 8.13. The Bertz CT molecular complexity index is 728. The van der Waals surface area contributed by atoms with Crippen LogP contribution >= 0.6 is 35.6 Å². The topological polar surface area (TPSA) is 63.1 Å². The van der Waals surface area contributed by atoms with Gasteiger partial charge in [0.2, 0.25) is 5.82 Å². The zero-order valence-electron chi connectivity index (χ0n) is 13.3. The van der Waals surface area contributed by atoms with Gasteiger partial charge in [0.25, 0.3) is 5.91 Å². The summed E-state index contributed by atoms with van der Waals surface area (Å²) in [5, 5.41) is 8.54. The number of aryl methyl sites for hydroxylation is 1. The molecule has 0 saturated carbocycles. The molecule has 1 aliphatic rings. The van der Waals surface area contributed by atoms with E-state index in [1.165, 1.54) is 4.68 Å². The molecular weight excluding hydrogens is 373 g/mol. The van der Waals surface area contributed by atoms with Gasteiger partial charge in [-0.05, 0) is 26.0 Å². The predicted octanol–water partition coefficient (Wildman–Crippen LogP) is 2.74. The van der Waals surface area contributed by atoms with Gasteiger partial charge in [0, 0.05) is 25.7 Å². The van der Waals surface area contributed by atoms with E-state index in [0.29, 0.717) is 34.6 Å². The lowest BCUT2D eigenvalue weighted by Gasteiger charge is -2.31. The first-order valence-electron chi connectivity index (χ1n) is 7.38. The SMILES string of the molecule is Cc1nc(C(=O)N2CCNC(C)C2)nn1-c1c(Cl)cccc1Cl.Cl.